The van der Waals surface area contributed by atoms with Crippen molar-refractivity contribution in [3.05, 3.63) is 0 Å². The van der Waals surface area contributed by atoms with Crippen molar-refractivity contribution < 1.29 is 9.05 Å². The molecule has 0 bridgehead atoms. The summed E-state index contributed by atoms with van der Waals surface area (Å²) in [5.74, 6) is 0.620. The van der Waals surface area contributed by atoms with Gasteiger partial charge in [0.2, 0.25) is 7.07 Å². The summed E-state index contributed by atoms with van der Waals surface area (Å²) in [6.07, 6.45) is 1.15. The molecular formula is C8H19NO2PS. The lowest BCUT2D eigenvalue weighted by atomic mass is 10.0. The van der Waals surface area contributed by atoms with Gasteiger partial charge >= 0.3 is 0 Å². The van der Waals surface area contributed by atoms with Crippen molar-refractivity contribution in [3.8, 4) is 0 Å². The average Bonchev–Trinajstić information content (AvgIpc) is 2.47. The molecular weight excluding hydrogens is 205 g/mol. The van der Waals surface area contributed by atoms with Gasteiger partial charge in [-0.1, -0.05) is 32.5 Å². The van der Waals surface area contributed by atoms with Gasteiger partial charge in [-0.2, -0.15) is 0 Å². The molecule has 0 aromatic heterocycles. The Balaban J connectivity index is 2.43. The average molecular weight is 224 g/mol. The lowest BCUT2D eigenvalue weighted by Crippen LogP contribution is -2.29. The van der Waals surface area contributed by atoms with E-state index in [1.54, 1.807) is 0 Å². The first-order valence-electron chi connectivity index (χ1n) is 4.80. The molecule has 0 amide bonds. The molecule has 2 unspecified atom stereocenters. The molecule has 0 aromatic rings. The first kappa shape index (κ1) is 11.7. The van der Waals surface area contributed by atoms with Crippen molar-refractivity contribution in [2.45, 2.75) is 33.2 Å². The monoisotopic (exact) mass is 224 g/mol. The van der Waals surface area contributed by atoms with Crippen LogP contribution in [-0.2, 0) is 9.05 Å². The number of hydrogen-bond donors (Lipinski definition) is 2. The van der Waals surface area contributed by atoms with E-state index in [1.807, 2.05) is 6.92 Å². The summed E-state index contributed by atoms with van der Waals surface area (Å²) in [4.78, 5) is 0. The second kappa shape index (κ2) is 4.94. The third kappa shape index (κ3) is 3.07. The van der Waals surface area contributed by atoms with Crippen LogP contribution in [0, 0.1) is 5.92 Å². The highest BCUT2D eigenvalue weighted by Crippen LogP contribution is 2.65. The third-order valence-electron chi connectivity index (χ3n) is 2.39. The van der Waals surface area contributed by atoms with E-state index >= 15 is 0 Å². The largest absolute Gasteiger partial charge is 0.322 e. The zero-order chi connectivity index (χ0) is 9.90. The molecule has 1 aliphatic heterocycles. The number of rotatable bonds is 4. The van der Waals surface area contributed by atoms with Crippen molar-refractivity contribution >= 4 is 19.3 Å². The molecule has 0 saturated carbocycles. The Labute approximate surface area is 86.3 Å². The van der Waals surface area contributed by atoms with Gasteiger partial charge in [0.1, 0.15) is 0 Å². The minimum Gasteiger partial charge on any atom is -0.322 e. The van der Waals surface area contributed by atoms with Crippen LogP contribution in [0.15, 0.2) is 0 Å². The molecule has 1 rings (SSSR count). The van der Waals surface area contributed by atoms with Gasteiger partial charge in [-0.15, -0.1) is 0 Å². The van der Waals surface area contributed by atoms with Gasteiger partial charge in [-0.3, -0.25) is 0 Å². The van der Waals surface area contributed by atoms with E-state index in [2.05, 4.69) is 31.2 Å². The zero-order valence-electron chi connectivity index (χ0n) is 8.49. The van der Waals surface area contributed by atoms with Crippen LogP contribution in [-0.4, -0.2) is 19.3 Å². The molecule has 13 heavy (non-hydrogen) atoms. The Hall–Kier alpha value is 0.660. The maximum atomic E-state index is 5.56. The van der Waals surface area contributed by atoms with Crippen LogP contribution in [0.1, 0.15) is 27.2 Å². The van der Waals surface area contributed by atoms with Crippen LogP contribution in [0.2, 0.25) is 0 Å². The second-order valence-electron chi connectivity index (χ2n) is 3.36. The standard InChI is InChI=1S/C8H19NO2PS/c1-4-7(3)8-6-11-12(13,9-8)10-5-2/h7-9,13H,4-6H2,1-3H3/t7?,8-/m1/s1. The molecule has 1 N–H and O–H groups in total. The fraction of sp³-hybridized carbons (Fsp3) is 1.00. The van der Waals surface area contributed by atoms with E-state index in [0.29, 0.717) is 18.6 Å². The number of hydrogen-bond acceptors (Lipinski definition) is 4. The molecule has 0 aliphatic carbocycles. The van der Waals surface area contributed by atoms with E-state index in [-0.39, 0.29) is 0 Å². The summed E-state index contributed by atoms with van der Waals surface area (Å²) in [5.41, 5.74) is 0. The van der Waals surface area contributed by atoms with Crippen molar-refractivity contribution in [1.82, 2.24) is 5.09 Å². The Morgan fingerprint density at radius 2 is 2.38 bits per heavy atom. The van der Waals surface area contributed by atoms with Gasteiger partial charge in [-0.05, 0) is 12.8 Å². The fourth-order valence-corrected chi connectivity index (χ4v) is 3.97. The van der Waals surface area contributed by atoms with Gasteiger partial charge in [0, 0.05) is 6.04 Å². The molecule has 3 atom stereocenters. The first-order valence-corrected chi connectivity index (χ1v) is 7.57. The normalized spacial score (nSPS) is 36.5. The van der Waals surface area contributed by atoms with Gasteiger partial charge in [-0.25, -0.2) is 5.09 Å². The summed E-state index contributed by atoms with van der Waals surface area (Å²) >= 11 is 4.41. The molecule has 0 spiro atoms. The van der Waals surface area contributed by atoms with Crippen molar-refractivity contribution in [2.24, 2.45) is 5.92 Å². The highest BCUT2D eigenvalue weighted by molar-refractivity contribution is 8.48. The predicted octanol–water partition coefficient (Wildman–Crippen LogP) is 2.66. The van der Waals surface area contributed by atoms with E-state index in [0.717, 1.165) is 13.0 Å². The molecule has 3 nitrogen and oxygen atoms in total. The number of thiol groups is 1. The maximum Gasteiger partial charge on any atom is 0.226 e. The summed E-state index contributed by atoms with van der Waals surface area (Å²) in [5, 5.41) is 3.35. The van der Waals surface area contributed by atoms with E-state index in [4.69, 9.17) is 9.05 Å². The lowest BCUT2D eigenvalue weighted by Gasteiger charge is -2.24. The highest BCUT2D eigenvalue weighted by atomic mass is 32.7. The van der Waals surface area contributed by atoms with Crippen LogP contribution in [0.3, 0.4) is 0 Å². The molecule has 1 saturated heterocycles. The Bertz CT molecular complexity index is 172. The molecule has 1 fully saturated rings. The van der Waals surface area contributed by atoms with E-state index in [9.17, 15) is 0 Å². The van der Waals surface area contributed by atoms with E-state index in [1.165, 1.54) is 0 Å². The SMILES string of the molecule is CCO[P]1(S)N[C@@H](C(C)CC)CO1. The minimum absolute atomic E-state index is 0.405. The zero-order valence-corrected chi connectivity index (χ0v) is 10.3. The Morgan fingerprint density at radius 3 is 2.92 bits per heavy atom. The van der Waals surface area contributed by atoms with E-state index < -0.39 is 7.07 Å². The Morgan fingerprint density at radius 1 is 1.69 bits per heavy atom. The minimum atomic E-state index is -2.00. The third-order valence-corrected chi connectivity index (χ3v) is 5.20. The van der Waals surface area contributed by atoms with Crippen molar-refractivity contribution in [3.63, 3.8) is 0 Å². The molecule has 1 heterocycles. The van der Waals surface area contributed by atoms with Gasteiger partial charge in [0.05, 0.1) is 13.2 Å². The van der Waals surface area contributed by atoms with Gasteiger partial charge in [0.15, 0.2) is 0 Å². The highest BCUT2D eigenvalue weighted by Gasteiger charge is 2.37. The van der Waals surface area contributed by atoms with Gasteiger partial charge < -0.3 is 9.05 Å². The molecule has 1 aliphatic rings. The number of nitrogens with one attached hydrogen (secondary N) is 1. The smallest absolute Gasteiger partial charge is 0.226 e. The Kier molecular flexibility index (Phi) is 4.46. The van der Waals surface area contributed by atoms with Crippen LogP contribution >= 0.6 is 19.3 Å². The van der Waals surface area contributed by atoms with Gasteiger partial charge in [0.25, 0.3) is 0 Å². The summed E-state index contributed by atoms with van der Waals surface area (Å²) in [7, 11) is -2.00. The summed E-state index contributed by atoms with van der Waals surface area (Å²) in [6.45, 7) is 7.74. The van der Waals surface area contributed by atoms with Crippen LogP contribution < -0.4 is 5.09 Å². The van der Waals surface area contributed by atoms with Crippen molar-refractivity contribution in [2.75, 3.05) is 13.2 Å². The van der Waals surface area contributed by atoms with Crippen molar-refractivity contribution in [1.29, 1.82) is 0 Å². The summed E-state index contributed by atoms with van der Waals surface area (Å²) in [6, 6.07) is 0.405. The topological polar surface area (TPSA) is 30.5 Å². The quantitative estimate of drug-likeness (QED) is 0.568. The van der Waals surface area contributed by atoms with Crippen LogP contribution in [0.4, 0.5) is 0 Å². The predicted molar refractivity (Wildman–Crippen MR) is 59.9 cm³/mol. The summed E-state index contributed by atoms with van der Waals surface area (Å²) < 4.78 is 11.0. The molecule has 1 radical (unpaired) electrons. The molecule has 79 valence electrons. The second-order valence-corrected chi connectivity index (χ2v) is 6.75. The molecule has 5 heteroatoms. The van der Waals surface area contributed by atoms with Crippen LogP contribution in [0.5, 0.6) is 0 Å². The van der Waals surface area contributed by atoms with Crippen LogP contribution in [0.25, 0.3) is 0 Å². The maximum absolute atomic E-state index is 5.56. The first-order chi connectivity index (χ1) is 6.11. The molecule has 0 aromatic carbocycles. The lowest BCUT2D eigenvalue weighted by molar-refractivity contribution is 0.264. The fourth-order valence-electron chi connectivity index (χ4n) is 1.29.